The van der Waals surface area contributed by atoms with Gasteiger partial charge in [0.15, 0.2) is 0 Å². The van der Waals surface area contributed by atoms with Crippen molar-refractivity contribution >= 4 is 41.5 Å². The molecule has 0 radical (unpaired) electrons. The molecule has 0 amide bonds. The summed E-state index contributed by atoms with van der Waals surface area (Å²) in [4.78, 5) is 11.0. The van der Waals surface area contributed by atoms with Crippen LogP contribution in [0.5, 0.6) is 5.75 Å². The number of aromatic nitrogens is 1. The molecule has 0 unspecified atom stereocenters. The van der Waals surface area contributed by atoms with Crippen LogP contribution in [0.25, 0.3) is 10.9 Å². The summed E-state index contributed by atoms with van der Waals surface area (Å²) in [6.07, 6.45) is 0.830. The van der Waals surface area contributed by atoms with Gasteiger partial charge in [0.25, 0.3) is 0 Å². The van der Waals surface area contributed by atoms with Crippen molar-refractivity contribution in [2.24, 2.45) is 0 Å². The van der Waals surface area contributed by atoms with Crippen molar-refractivity contribution in [1.82, 2.24) is 4.57 Å². The first kappa shape index (κ1) is 18.4. The van der Waals surface area contributed by atoms with Crippen molar-refractivity contribution in [3.05, 3.63) is 64.3 Å². The number of benzene rings is 2. The molecular weight excluding hydrogens is 342 g/mol. The van der Waals surface area contributed by atoms with Crippen molar-refractivity contribution in [2.75, 3.05) is 7.11 Å². The van der Waals surface area contributed by atoms with Crippen LogP contribution in [0, 0.1) is 13.8 Å². The molecule has 24 heavy (non-hydrogen) atoms. The van der Waals surface area contributed by atoms with Gasteiger partial charge in [0.1, 0.15) is 5.75 Å². The maximum Gasteiger partial charge on any atom is 0.218 e. The van der Waals surface area contributed by atoms with Gasteiger partial charge in [-0.3, -0.25) is 9.36 Å². The normalized spacial score (nSPS) is 10.2. The number of carbonyl (C=O) groups is 1. The second-order valence-corrected chi connectivity index (χ2v) is 6.13. The number of ether oxygens (including phenoxy) is 1. The molecule has 2 aromatic carbocycles. The summed E-state index contributed by atoms with van der Waals surface area (Å²) in [5, 5.41) is 1.83. The maximum atomic E-state index is 11.0. The minimum absolute atomic E-state index is 0.607. The topological polar surface area (TPSA) is 31.2 Å². The number of methoxy groups -OCH3 is 1. The molecule has 126 valence electrons. The van der Waals surface area contributed by atoms with E-state index in [1.165, 1.54) is 5.56 Å². The Morgan fingerprint density at radius 2 is 1.83 bits per heavy atom. The number of hydrogen-bond donors (Lipinski definition) is 1. The number of fused-ring (bicyclic) bond motifs is 1. The molecule has 0 aliphatic heterocycles. The van der Waals surface area contributed by atoms with Crippen LogP contribution in [0.15, 0.2) is 42.5 Å². The van der Waals surface area contributed by atoms with Gasteiger partial charge in [-0.05, 0) is 49.7 Å². The fourth-order valence-electron chi connectivity index (χ4n) is 2.48. The van der Waals surface area contributed by atoms with Gasteiger partial charge >= 0.3 is 0 Å². The average Bonchev–Trinajstić information content (AvgIpc) is 2.87. The second kappa shape index (κ2) is 8.27. The lowest BCUT2D eigenvalue weighted by Crippen LogP contribution is -1.97. The quantitative estimate of drug-likeness (QED) is 0.521. The van der Waals surface area contributed by atoms with E-state index < -0.39 is 0 Å². The molecule has 0 aliphatic carbocycles. The molecule has 1 heterocycles. The molecule has 3 aromatic rings. The van der Waals surface area contributed by atoms with Gasteiger partial charge in [-0.15, -0.1) is 0 Å². The number of hydrogen-bond acceptors (Lipinski definition) is 3. The lowest BCUT2D eigenvalue weighted by Gasteiger charge is -2.00. The Bertz CT molecular complexity index is 820. The number of rotatable bonds is 3. The highest BCUT2D eigenvalue weighted by Crippen LogP contribution is 2.29. The van der Waals surface area contributed by atoms with E-state index >= 15 is 0 Å². The summed E-state index contributed by atoms with van der Waals surface area (Å²) in [7, 11) is 1.63. The number of halogens is 1. The fourth-order valence-corrected chi connectivity index (χ4v) is 3.01. The summed E-state index contributed by atoms with van der Waals surface area (Å²) < 4.78 is 6.82. The van der Waals surface area contributed by atoms with Crippen molar-refractivity contribution in [1.29, 1.82) is 0 Å². The molecule has 3 rings (SSSR count). The minimum atomic E-state index is 0.607. The van der Waals surface area contributed by atoms with Gasteiger partial charge in [-0.2, -0.15) is 12.6 Å². The molecule has 0 saturated heterocycles. The van der Waals surface area contributed by atoms with E-state index in [9.17, 15) is 4.79 Å². The average molecular weight is 362 g/mol. The van der Waals surface area contributed by atoms with Gasteiger partial charge in [-0.25, -0.2) is 0 Å². The first-order chi connectivity index (χ1) is 11.5. The molecule has 0 bridgehead atoms. The van der Waals surface area contributed by atoms with Crippen LogP contribution in [-0.4, -0.2) is 18.1 Å². The molecule has 1 aromatic heterocycles. The maximum absolute atomic E-state index is 11.0. The predicted molar refractivity (Wildman–Crippen MR) is 104 cm³/mol. The third kappa shape index (κ3) is 3.94. The Morgan fingerprint density at radius 3 is 2.33 bits per heavy atom. The van der Waals surface area contributed by atoms with E-state index in [2.05, 4.69) is 12.6 Å². The van der Waals surface area contributed by atoms with E-state index in [0.29, 0.717) is 5.75 Å². The van der Waals surface area contributed by atoms with Gasteiger partial charge in [0.05, 0.1) is 12.6 Å². The second-order valence-electron chi connectivity index (χ2n) is 5.38. The van der Waals surface area contributed by atoms with Crippen molar-refractivity contribution in [2.45, 2.75) is 19.6 Å². The van der Waals surface area contributed by atoms with E-state index in [1.54, 1.807) is 11.7 Å². The zero-order valence-electron chi connectivity index (χ0n) is 13.9. The van der Waals surface area contributed by atoms with Crippen molar-refractivity contribution < 1.29 is 9.53 Å². The predicted octanol–water partition coefficient (Wildman–Crippen LogP) is 5.07. The van der Waals surface area contributed by atoms with Crippen LogP contribution >= 0.6 is 24.2 Å². The molecule has 5 heteroatoms. The van der Waals surface area contributed by atoms with Crippen LogP contribution in [-0.2, 0) is 10.5 Å². The highest BCUT2D eigenvalue weighted by Gasteiger charge is 2.12. The lowest BCUT2D eigenvalue weighted by atomic mass is 10.1. The Balaban J connectivity index is 0.000000219. The SMILES string of the molecule is COc1ccc2c(c1)c(CS)c(C)n2C=O.Cc1ccc(Cl)cc1. The number of thiol groups is 1. The van der Waals surface area contributed by atoms with E-state index in [-0.39, 0.29) is 0 Å². The third-order valence-electron chi connectivity index (χ3n) is 3.86. The number of carbonyl (C=O) groups excluding carboxylic acids is 1. The van der Waals surface area contributed by atoms with E-state index in [0.717, 1.165) is 39.3 Å². The van der Waals surface area contributed by atoms with Gasteiger partial charge < -0.3 is 4.74 Å². The summed E-state index contributed by atoms with van der Waals surface area (Å²) >= 11 is 9.91. The van der Waals surface area contributed by atoms with E-state index in [1.807, 2.05) is 56.3 Å². The summed E-state index contributed by atoms with van der Waals surface area (Å²) in [5.41, 5.74) is 4.16. The number of aryl methyl sites for hydroxylation is 1. The molecule has 0 aliphatic rings. The fraction of sp³-hybridized carbons (Fsp3) is 0.211. The Morgan fingerprint density at radius 1 is 1.17 bits per heavy atom. The monoisotopic (exact) mass is 361 g/mol. The molecule has 3 nitrogen and oxygen atoms in total. The van der Waals surface area contributed by atoms with Crippen LogP contribution in [0.4, 0.5) is 0 Å². The van der Waals surface area contributed by atoms with Crippen LogP contribution in [0.2, 0.25) is 5.02 Å². The summed E-state index contributed by atoms with van der Waals surface area (Å²) in [5.74, 6) is 1.40. The lowest BCUT2D eigenvalue weighted by molar-refractivity contribution is 0.415. The van der Waals surface area contributed by atoms with Crippen molar-refractivity contribution in [3.63, 3.8) is 0 Å². The number of nitrogens with zero attached hydrogens (tertiary/aromatic N) is 1. The van der Waals surface area contributed by atoms with Crippen LogP contribution in [0.1, 0.15) is 16.8 Å². The molecular formula is C19H20ClNO2S. The summed E-state index contributed by atoms with van der Waals surface area (Å²) in [6, 6.07) is 13.4. The Labute approximate surface area is 152 Å². The smallest absolute Gasteiger partial charge is 0.218 e. The Hall–Kier alpha value is -1.91. The van der Waals surface area contributed by atoms with Gasteiger partial charge in [0.2, 0.25) is 6.41 Å². The van der Waals surface area contributed by atoms with Crippen LogP contribution < -0.4 is 4.74 Å². The minimum Gasteiger partial charge on any atom is -0.497 e. The summed E-state index contributed by atoms with van der Waals surface area (Å²) in [6.45, 7) is 3.96. The van der Waals surface area contributed by atoms with Crippen LogP contribution in [0.3, 0.4) is 0 Å². The molecule has 0 saturated carbocycles. The third-order valence-corrected chi connectivity index (χ3v) is 4.43. The standard InChI is InChI=1S/C12H13NO2S.C7H7Cl/c1-8-11(6-16)10-5-9(15-2)3-4-12(10)13(8)7-14;1-6-2-4-7(8)5-3-6/h3-5,7,16H,6H2,1-2H3;2-5H,1H3. The molecule has 0 fully saturated rings. The van der Waals surface area contributed by atoms with Gasteiger partial charge in [-0.1, -0.05) is 29.3 Å². The molecule has 0 spiro atoms. The first-order valence-electron chi connectivity index (χ1n) is 7.47. The van der Waals surface area contributed by atoms with Gasteiger partial charge in [0, 0.05) is 21.9 Å². The molecule has 0 atom stereocenters. The highest BCUT2D eigenvalue weighted by molar-refractivity contribution is 7.79. The zero-order chi connectivity index (χ0) is 17.7. The largest absolute Gasteiger partial charge is 0.497 e. The zero-order valence-corrected chi connectivity index (χ0v) is 15.6. The first-order valence-corrected chi connectivity index (χ1v) is 8.48. The van der Waals surface area contributed by atoms with Crippen molar-refractivity contribution in [3.8, 4) is 5.75 Å². The highest BCUT2D eigenvalue weighted by atomic mass is 35.5. The van der Waals surface area contributed by atoms with E-state index in [4.69, 9.17) is 16.3 Å². The molecule has 0 N–H and O–H groups in total. The Kier molecular flexibility index (Phi) is 6.35.